The summed E-state index contributed by atoms with van der Waals surface area (Å²) in [7, 11) is 0. The molecule has 4 saturated carbocycles. The second-order valence-electron chi connectivity index (χ2n) is 13.7. The van der Waals surface area contributed by atoms with Crippen molar-refractivity contribution in [1.82, 2.24) is 0 Å². The van der Waals surface area contributed by atoms with Crippen molar-refractivity contribution in [3.8, 4) is 0 Å². The molecular weight excluding hydrogens is 412 g/mol. The second kappa shape index (κ2) is 7.69. The van der Waals surface area contributed by atoms with Gasteiger partial charge in [0.1, 0.15) is 6.10 Å². The van der Waals surface area contributed by atoms with E-state index in [9.17, 15) is 4.79 Å². The summed E-state index contributed by atoms with van der Waals surface area (Å²) in [6, 6.07) is 0. The third-order valence-corrected chi connectivity index (χ3v) is 12.2. The van der Waals surface area contributed by atoms with Crippen LogP contribution in [0.5, 0.6) is 0 Å². The minimum atomic E-state index is -0.300. The fourth-order valence-corrected chi connectivity index (χ4v) is 10.6. The van der Waals surface area contributed by atoms with Crippen LogP contribution in [0.1, 0.15) is 98.8 Å². The Kier molecular flexibility index (Phi) is 5.32. The molecule has 4 aliphatic carbocycles. The molecule has 0 N–H and O–H groups in total. The Morgan fingerprint density at radius 1 is 0.909 bits per heavy atom. The molecule has 0 amide bonds. The van der Waals surface area contributed by atoms with Crippen molar-refractivity contribution in [3.63, 3.8) is 0 Å². The molecule has 0 aromatic heterocycles. The molecule has 2 saturated heterocycles. The largest absolute Gasteiger partial charge is 0.463 e. The first-order valence-electron chi connectivity index (χ1n) is 14.2. The van der Waals surface area contributed by atoms with Gasteiger partial charge in [-0.2, -0.15) is 0 Å². The maximum Gasteiger partial charge on any atom is 0.302 e. The first kappa shape index (κ1) is 22.8. The normalized spacial score (nSPS) is 57.7. The SMILES string of the molecule is CC(=O)O[C@H]1CC[C@@]2(C)[C@@H](CC[C@H]3[C@H]2CC[C@]2(C)[C@@H]4[C@@H](C[C@H]32)O[C@]2(CC[C@H](C)CO2)[C@H]4C)C1. The van der Waals surface area contributed by atoms with Gasteiger partial charge in [0.15, 0.2) is 5.79 Å². The van der Waals surface area contributed by atoms with Gasteiger partial charge >= 0.3 is 5.97 Å². The van der Waals surface area contributed by atoms with E-state index < -0.39 is 0 Å². The Morgan fingerprint density at radius 3 is 2.42 bits per heavy atom. The van der Waals surface area contributed by atoms with Crippen molar-refractivity contribution in [2.24, 2.45) is 52.3 Å². The topological polar surface area (TPSA) is 44.8 Å². The zero-order valence-electron chi connectivity index (χ0n) is 21.6. The Hall–Kier alpha value is -0.610. The van der Waals surface area contributed by atoms with Gasteiger partial charge in [0.05, 0.1) is 12.7 Å². The Morgan fingerprint density at radius 2 is 1.70 bits per heavy atom. The number of rotatable bonds is 1. The molecule has 4 nitrogen and oxygen atoms in total. The van der Waals surface area contributed by atoms with E-state index in [1.54, 1.807) is 6.92 Å². The zero-order valence-corrected chi connectivity index (χ0v) is 21.6. The molecule has 6 fully saturated rings. The zero-order chi connectivity index (χ0) is 23.2. The van der Waals surface area contributed by atoms with Crippen molar-refractivity contribution in [2.75, 3.05) is 6.61 Å². The molecule has 186 valence electrons. The molecule has 33 heavy (non-hydrogen) atoms. The fraction of sp³-hybridized carbons (Fsp3) is 0.966. The highest BCUT2D eigenvalue weighted by Crippen LogP contribution is 2.71. The molecule has 2 aliphatic heterocycles. The smallest absolute Gasteiger partial charge is 0.302 e. The molecule has 0 aromatic rings. The summed E-state index contributed by atoms with van der Waals surface area (Å²) in [5.74, 6) is 4.63. The van der Waals surface area contributed by atoms with Crippen molar-refractivity contribution >= 4 is 5.97 Å². The van der Waals surface area contributed by atoms with Crippen LogP contribution in [0.25, 0.3) is 0 Å². The van der Waals surface area contributed by atoms with E-state index in [-0.39, 0.29) is 17.9 Å². The predicted molar refractivity (Wildman–Crippen MR) is 127 cm³/mol. The fourth-order valence-electron chi connectivity index (χ4n) is 10.6. The van der Waals surface area contributed by atoms with E-state index in [0.29, 0.717) is 34.7 Å². The van der Waals surface area contributed by atoms with Gasteiger partial charge < -0.3 is 14.2 Å². The summed E-state index contributed by atoms with van der Waals surface area (Å²) < 4.78 is 19.1. The molecule has 6 aliphatic rings. The third-order valence-electron chi connectivity index (χ3n) is 12.2. The van der Waals surface area contributed by atoms with Crippen LogP contribution in [0.15, 0.2) is 0 Å². The number of ether oxygens (including phenoxy) is 3. The lowest BCUT2D eigenvalue weighted by molar-refractivity contribution is -0.273. The molecule has 6 rings (SSSR count). The molecule has 0 aromatic carbocycles. The summed E-state index contributed by atoms with van der Waals surface area (Å²) in [6.07, 6.45) is 12.9. The van der Waals surface area contributed by atoms with E-state index in [1.165, 1.54) is 44.9 Å². The van der Waals surface area contributed by atoms with Gasteiger partial charge in [0, 0.05) is 19.3 Å². The van der Waals surface area contributed by atoms with E-state index in [4.69, 9.17) is 14.2 Å². The number of hydrogen-bond donors (Lipinski definition) is 0. The summed E-state index contributed by atoms with van der Waals surface area (Å²) in [6.45, 7) is 12.4. The predicted octanol–water partition coefficient (Wildman–Crippen LogP) is 6.36. The van der Waals surface area contributed by atoms with Crippen LogP contribution < -0.4 is 0 Å². The molecule has 0 bridgehead atoms. The average molecular weight is 459 g/mol. The van der Waals surface area contributed by atoms with Gasteiger partial charge in [-0.25, -0.2) is 0 Å². The van der Waals surface area contributed by atoms with E-state index in [1.807, 2.05) is 0 Å². The first-order chi connectivity index (χ1) is 15.7. The molecule has 1 spiro atoms. The number of fused-ring (bicyclic) bond motifs is 7. The Labute approximate surface area is 200 Å². The number of hydrogen-bond acceptors (Lipinski definition) is 4. The van der Waals surface area contributed by atoms with Gasteiger partial charge in [0.2, 0.25) is 0 Å². The molecule has 4 heteroatoms. The summed E-state index contributed by atoms with van der Waals surface area (Å²) in [4.78, 5) is 11.5. The van der Waals surface area contributed by atoms with Gasteiger partial charge in [-0.1, -0.05) is 27.7 Å². The van der Waals surface area contributed by atoms with Crippen molar-refractivity contribution in [2.45, 2.75) is 117 Å². The average Bonchev–Trinajstić information content (AvgIpc) is 3.21. The Balaban J connectivity index is 1.21. The van der Waals surface area contributed by atoms with Gasteiger partial charge in [0.25, 0.3) is 0 Å². The van der Waals surface area contributed by atoms with E-state index in [2.05, 4.69) is 27.7 Å². The van der Waals surface area contributed by atoms with Gasteiger partial charge in [-0.15, -0.1) is 0 Å². The molecular formula is C29H46O4. The quantitative estimate of drug-likeness (QED) is 0.429. The minimum Gasteiger partial charge on any atom is -0.463 e. The molecule has 0 unspecified atom stereocenters. The monoisotopic (exact) mass is 458 g/mol. The van der Waals surface area contributed by atoms with Crippen LogP contribution in [-0.2, 0) is 19.0 Å². The highest BCUT2D eigenvalue weighted by molar-refractivity contribution is 5.66. The van der Waals surface area contributed by atoms with E-state index in [0.717, 1.165) is 49.5 Å². The highest BCUT2D eigenvalue weighted by atomic mass is 16.7. The molecule has 12 atom stereocenters. The standard InChI is InChI=1S/C29H46O4/c1-17-8-13-29(31-16-17)18(2)26-25(33-29)15-24-22-7-6-20-14-21(32-19(3)30)9-11-27(20,4)23(22)10-12-28(24,26)5/h17-18,20-26H,6-16H2,1-5H3/t17-,18-,20-,21-,22-,23+,24+,25+,26-,27-,28-,29+/m0/s1. The highest BCUT2D eigenvalue weighted by Gasteiger charge is 2.69. The van der Waals surface area contributed by atoms with Crippen LogP contribution >= 0.6 is 0 Å². The van der Waals surface area contributed by atoms with Crippen molar-refractivity contribution in [1.29, 1.82) is 0 Å². The molecule has 0 radical (unpaired) electrons. The van der Waals surface area contributed by atoms with Crippen LogP contribution in [0.4, 0.5) is 0 Å². The minimum absolute atomic E-state index is 0.105. The summed E-state index contributed by atoms with van der Waals surface area (Å²) in [5, 5.41) is 0. The third kappa shape index (κ3) is 3.25. The second-order valence-corrected chi connectivity index (χ2v) is 13.7. The number of carbonyl (C=O) groups excluding carboxylic acids is 1. The molecule has 2 heterocycles. The van der Waals surface area contributed by atoms with Crippen LogP contribution in [-0.4, -0.2) is 30.6 Å². The van der Waals surface area contributed by atoms with Gasteiger partial charge in [-0.3, -0.25) is 4.79 Å². The summed E-state index contributed by atoms with van der Waals surface area (Å²) >= 11 is 0. The van der Waals surface area contributed by atoms with Crippen molar-refractivity contribution in [3.05, 3.63) is 0 Å². The van der Waals surface area contributed by atoms with Crippen LogP contribution in [0.3, 0.4) is 0 Å². The van der Waals surface area contributed by atoms with Crippen molar-refractivity contribution < 1.29 is 19.0 Å². The lowest BCUT2D eigenvalue weighted by Gasteiger charge is -2.61. The van der Waals surface area contributed by atoms with E-state index >= 15 is 0 Å². The number of esters is 1. The summed E-state index contributed by atoms with van der Waals surface area (Å²) in [5.41, 5.74) is 0.828. The van der Waals surface area contributed by atoms with Crippen LogP contribution in [0.2, 0.25) is 0 Å². The number of carbonyl (C=O) groups is 1. The lowest BCUT2D eigenvalue weighted by Crippen LogP contribution is -2.55. The maximum absolute atomic E-state index is 11.5. The van der Waals surface area contributed by atoms with Gasteiger partial charge in [-0.05, 0) is 104 Å². The van der Waals surface area contributed by atoms with Crippen LogP contribution in [0, 0.1) is 52.3 Å². The Bertz CT molecular complexity index is 786. The first-order valence-corrected chi connectivity index (χ1v) is 14.2. The lowest BCUT2D eigenvalue weighted by atomic mass is 9.44. The maximum atomic E-state index is 11.5.